The van der Waals surface area contributed by atoms with Crippen molar-refractivity contribution in [3.63, 3.8) is 0 Å². The highest BCUT2D eigenvalue weighted by Gasteiger charge is 2.21. The molecule has 2 aromatic rings. The van der Waals surface area contributed by atoms with Crippen molar-refractivity contribution in [2.75, 3.05) is 13.1 Å². The molecular weight excluding hydrogens is 373 g/mol. The van der Waals surface area contributed by atoms with E-state index in [0.717, 1.165) is 42.9 Å². The molecular formula is C19H25Cl2N3O2. The van der Waals surface area contributed by atoms with E-state index in [2.05, 4.69) is 4.98 Å². The van der Waals surface area contributed by atoms with Crippen molar-refractivity contribution in [1.29, 1.82) is 0 Å². The summed E-state index contributed by atoms with van der Waals surface area (Å²) in [5, 5.41) is 0. The highest BCUT2D eigenvalue weighted by Crippen LogP contribution is 2.16. The van der Waals surface area contributed by atoms with Crippen LogP contribution in [0.2, 0.25) is 0 Å². The van der Waals surface area contributed by atoms with Crippen LogP contribution in [0.15, 0.2) is 42.6 Å². The molecule has 142 valence electrons. The number of amides is 1. The van der Waals surface area contributed by atoms with Gasteiger partial charge < -0.3 is 15.4 Å². The van der Waals surface area contributed by atoms with Crippen LogP contribution in [0, 0.1) is 6.92 Å². The fourth-order valence-electron chi connectivity index (χ4n) is 2.79. The van der Waals surface area contributed by atoms with Gasteiger partial charge in [0, 0.05) is 30.4 Å². The predicted octanol–water partition coefficient (Wildman–Crippen LogP) is 3.38. The van der Waals surface area contributed by atoms with E-state index in [1.54, 1.807) is 6.20 Å². The van der Waals surface area contributed by atoms with Gasteiger partial charge in [-0.25, -0.2) is 0 Å². The van der Waals surface area contributed by atoms with E-state index in [1.807, 2.05) is 48.2 Å². The van der Waals surface area contributed by atoms with E-state index >= 15 is 0 Å². The first-order valence-electron chi connectivity index (χ1n) is 8.31. The minimum absolute atomic E-state index is 0. The number of benzene rings is 1. The van der Waals surface area contributed by atoms with Crippen LogP contribution in [0.4, 0.5) is 0 Å². The van der Waals surface area contributed by atoms with Crippen LogP contribution >= 0.6 is 24.8 Å². The number of carbonyl (C=O) groups is 1. The van der Waals surface area contributed by atoms with Crippen LogP contribution in [-0.2, 0) is 6.61 Å². The van der Waals surface area contributed by atoms with Gasteiger partial charge in [-0.05, 0) is 49.6 Å². The zero-order valence-corrected chi connectivity index (χ0v) is 16.4. The summed E-state index contributed by atoms with van der Waals surface area (Å²) in [5.74, 6) is 0.795. The molecule has 0 bridgehead atoms. The molecule has 0 spiro atoms. The summed E-state index contributed by atoms with van der Waals surface area (Å²) in [5.41, 5.74) is 8.53. The third kappa shape index (κ3) is 5.87. The molecule has 1 aromatic carbocycles. The second kappa shape index (κ2) is 10.4. The van der Waals surface area contributed by atoms with Crippen molar-refractivity contribution in [3.05, 3.63) is 59.4 Å². The minimum Gasteiger partial charge on any atom is -0.487 e. The molecule has 1 saturated heterocycles. The maximum Gasteiger partial charge on any atom is 0.253 e. The second-order valence-electron chi connectivity index (χ2n) is 6.25. The molecule has 1 aliphatic rings. The standard InChI is InChI=1S/C19H23N3O2.2ClH/c1-14-5-6-18(12-21-14)24-13-15-3-2-4-16(11-15)19(23)22-9-7-17(20)8-10-22;;/h2-6,11-12,17H,7-10,13,20H2,1H3;2*1H. The van der Waals surface area contributed by atoms with Crippen molar-refractivity contribution >= 4 is 30.7 Å². The number of piperidine rings is 1. The SMILES string of the molecule is Cc1ccc(OCc2cccc(C(=O)N3CCC(N)CC3)c2)cn1.Cl.Cl. The molecule has 2 N–H and O–H groups in total. The number of likely N-dealkylation sites (tertiary alicyclic amines) is 1. The Bertz CT molecular complexity index is 702. The predicted molar refractivity (Wildman–Crippen MR) is 107 cm³/mol. The molecule has 1 amide bonds. The fourth-order valence-corrected chi connectivity index (χ4v) is 2.79. The van der Waals surface area contributed by atoms with E-state index < -0.39 is 0 Å². The van der Waals surface area contributed by atoms with Crippen molar-refractivity contribution in [2.45, 2.75) is 32.4 Å². The number of hydrogen-bond donors (Lipinski definition) is 1. The molecule has 0 aliphatic carbocycles. The van der Waals surface area contributed by atoms with E-state index in [4.69, 9.17) is 10.5 Å². The Balaban J connectivity index is 0.00000169. The van der Waals surface area contributed by atoms with Gasteiger partial charge in [0.25, 0.3) is 5.91 Å². The first-order chi connectivity index (χ1) is 11.6. The molecule has 1 aliphatic heterocycles. The first kappa shape index (κ1) is 22.2. The maximum absolute atomic E-state index is 12.6. The average molecular weight is 398 g/mol. The molecule has 7 heteroatoms. The van der Waals surface area contributed by atoms with Gasteiger partial charge in [0.2, 0.25) is 0 Å². The van der Waals surface area contributed by atoms with Crippen LogP contribution in [0.5, 0.6) is 5.75 Å². The zero-order chi connectivity index (χ0) is 16.9. The van der Waals surface area contributed by atoms with E-state index in [9.17, 15) is 4.79 Å². The number of carbonyl (C=O) groups excluding carboxylic acids is 1. The Labute approximate surface area is 166 Å². The van der Waals surface area contributed by atoms with Crippen LogP contribution in [0.25, 0.3) is 0 Å². The van der Waals surface area contributed by atoms with Gasteiger partial charge in [-0.2, -0.15) is 0 Å². The highest BCUT2D eigenvalue weighted by molar-refractivity contribution is 5.94. The Morgan fingerprint density at radius 3 is 2.62 bits per heavy atom. The lowest BCUT2D eigenvalue weighted by Crippen LogP contribution is -2.42. The lowest BCUT2D eigenvalue weighted by atomic mass is 10.0. The summed E-state index contributed by atoms with van der Waals surface area (Å²) >= 11 is 0. The summed E-state index contributed by atoms with van der Waals surface area (Å²) < 4.78 is 5.74. The van der Waals surface area contributed by atoms with Gasteiger partial charge in [-0.15, -0.1) is 24.8 Å². The molecule has 2 heterocycles. The van der Waals surface area contributed by atoms with E-state index in [-0.39, 0.29) is 36.8 Å². The molecule has 0 saturated carbocycles. The number of nitrogens with two attached hydrogens (primary N) is 1. The average Bonchev–Trinajstić information content (AvgIpc) is 2.61. The summed E-state index contributed by atoms with van der Waals surface area (Å²) in [6.45, 7) is 3.81. The Morgan fingerprint density at radius 2 is 1.96 bits per heavy atom. The summed E-state index contributed by atoms with van der Waals surface area (Å²) in [6.07, 6.45) is 3.45. The van der Waals surface area contributed by atoms with Gasteiger partial charge in [0.05, 0.1) is 6.20 Å². The number of aryl methyl sites for hydroxylation is 1. The summed E-state index contributed by atoms with van der Waals surface area (Å²) in [4.78, 5) is 18.7. The van der Waals surface area contributed by atoms with Gasteiger partial charge >= 0.3 is 0 Å². The van der Waals surface area contributed by atoms with E-state index in [0.29, 0.717) is 12.2 Å². The first-order valence-corrected chi connectivity index (χ1v) is 8.31. The number of hydrogen-bond acceptors (Lipinski definition) is 4. The van der Waals surface area contributed by atoms with Gasteiger partial charge in [0.15, 0.2) is 0 Å². The number of aromatic nitrogens is 1. The normalized spacial score (nSPS) is 14.2. The van der Waals surface area contributed by atoms with Crippen LogP contribution in [-0.4, -0.2) is 34.9 Å². The van der Waals surface area contributed by atoms with Gasteiger partial charge in [-0.3, -0.25) is 9.78 Å². The number of rotatable bonds is 4. The number of nitrogens with zero attached hydrogens (tertiary/aromatic N) is 2. The topological polar surface area (TPSA) is 68.5 Å². The Hall–Kier alpha value is -1.82. The van der Waals surface area contributed by atoms with Crippen molar-refractivity contribution < 1.29 is 9.53 Å². The maximum atomic E-state index is 12.6. The van der Waals surface area contributed by atoms with Crippen LogP contribution < -0.4 is 10.5 Å². The third-order valence-corrected chi connectivity index (χ3v) is 4.29. The summed E-state index contributed by atoms with van der Waals surface area (Å²) in [7, 11) is 0. The largest absolute Gasteiger partial charge is 0.487 e. The van der Waals surface area contributed by atoms with Crippen molar-refractivity contribution in [3.8, 4) is 5.75 Å². The number of halogens is 2. The zero-order valence-electron chi connectivity index (χ0n) is 14.8. The van der Waals surface area contributed by atoms with Gasteiger partial charge in [0.1, 0.15) is 12.4 Å². The monoisotopic (exact) mass is 397 g/mol. The Morgan fingerprint density at radius 1 is 1.23 bits per heavy atom. The second-order valence-corrected chi connectivity index (χ2v) is 6.25. The molecule has 1 aromatic heterocycles. The van der Waals surface area contributed by atoms with E-state index in [1.165, 1.54) is 0 Å². The molecule has 0 atom stereocenters. The lowest BCUT2D eigenvalue weighted by Gasteiger charge is -2.30. The smallest absolute Gasteiger partial charge is 0.253 e. The molecule has 0 radical (unpaired) electrons. The number of ether oxygens (including phenoxy) is 1. The summed E-state index contributed by atoms with van der Waals surface area (Å²) in [6, 6.07) is 11.6. The molecule has 5 nitrogen and oxygen atoms in total. The minimum atomic E-state index is 0. The van der Waals surface area contributed by atoms with Crippen molar-refractivity contribution in [2.24, 2.45) is 5.73 Å². The van der Waals surface area contributed by atoms with Crippen LogP contribution in [0.3, 0.4) is 0 Å². The molecule has 26 heavy (non-hydrogen) atoms. The highest BCUT2D eigenvalue weighted by atomic mass is 35.5. The molecule has 1 fully saturated rings. The quantitative estimate of drug-likeness (QED) is 0.858. The fraction of sp³-hybridized carbons (Fsp3) is 0.368. The van der Waals surface area contributed by atoms with Crippen LogP contribution in [0.1, 0.15) is 34.5 Å². The molecule has 3 rings (SSSR count). The lowest BCUT2D eigenvalue weighted by molar-refractivity contribution is 0.0714. The third-order valence-electron chi connectivity index (χ3n) is 4.29. The van der Waals surface area contributed by atoms with Crippen molar-refractivity contribution in [1.82, 2.24) is 9.88 Å². The number of pyridine rings is 1. The van der Waals surface area contributed by atoms with Gasteiger partial charge in [-0.1, -0.05) is 12.1 Å². The molecule has 0 unspecified atom stereocenters. The Kier molecular flexibility index (Phi) is 8.85.